The molecule has 13 heteroatoms. The molecule has 0 amide bonds. The van der Waals surface area contributed by atoms with Crippen LogP contribution in [0.4, 0.5) is 24.7 Å². The van der Waals surface area contributed by atoms with Gasteiger partial charge in [-0.1, -0.05) is 25.0 Å². The number of nitrogens with one attached hydrogen (secondary N) is 1. The largest absolute Gasteiger partial charge is 0.490 e. The summed E-state index contributed by atoms with van der Waals surface area (Å²) in [5.41, 5.74) is 0.951. The van der Waals surface area contributed by atoms with E-state index in [1.54, 1.807) is 25.1 Å². The minimum atomic E-state index is -5.08. The van der Waals surface area contributed by atoms with Crippen molar-refractivity contribution in [3.63, 3.8) is 0 Å². The first-order valence-corrected chi connectivity index (χ1v) is 11.7. The SMILES string of the molecule is Cc1cccc(S(=O)(=O)Nc2cnc(N3CCCCCC3)c(C(=O)O)c2)c1.O=C(O)C(F)(F)F. The topological polar surface area (TPSA) is 137 Å². The second-order valence-corrected chi connectivity index (χ2v) is 9.21. The summed E-state index contributed by atoms with van der Waals surface area (Å²) in [5, 5.41) is 16.7. The van der Waals surface area contributed by atoms with Crippen molar-refractivity contribution in [2.24, 2.45) is 0 Å². The van der Waals surface area contributed by atoms with Gasteiger partial charge < -0.3 is 15.1 Å². The van der Waals surface area contributed by atoms with Crippen molar-refractivity contribution in [3.8, 4) is 0 Å². The maximum absolute atomic E-state index is 12.6. The highest BCUT2D eigenvalue weighted by Gasteiger charge is 2.38. The van der Waals surface area contributed by atoms with Crippen LogP contribution in [0.3, 0.4) is 0 Å². The number of aryl methyl sites for hydroxylation is 1. The van der Waals surface area contributed by atoms with Gasteiger partial charge in [0, 0.05) is 13.1 Å². The number of aromatic carboxylic acids is 1. The van der Waals surface area contributed by atoms with Gasteiger partial charge >= 0.3 is 18.1 Å². The molecule has 2 aromatic rings. The summed E-state index contributed by atoms with van der Waals surface area (Å²) in [4.78, 5) is 27.0. The van der Waals surface area contributed by atoms with E-state index >= 15 is 0 Å². The number of nitrogens with zero attached hydrogens (tertiary/aromatic N) is 2. The average Bonchev–Trinajstić information content (AvgIpc) is 3.02. The van der Waals surface area contributed by atoms with E-state index in [9.17, 15) is 31.5 Å². The molecule has 1 saturated heterocycles. The zero-order valence-electron chi connectivity index (χ0n) is 18.2. The highest BCUT2D eigenvalue weighted by Crippen LogP contribution is 2.25. The molecular formula is C21H24F3N3O6S. The normalized spacial score (nSPS) is 14.4. The van der Waals surface area contributed by atoms with Gasteiger partial charge in [-0.05, 0) is 43.5 Å². The van der Waals surface area contributed by atoms with Crippen LogP contribution in [-0.4, -0.2) is 54.8 Å². The molecule has 0 spiro atoms. The Morgan fingerprint density at radius 3 is 2.15 bits per heavy atom. The molecule has 0 aliphatic carbocycles. The molecular weight excluding hydrogens is 479 g/mol. The summed E-state index contributed by atoms with van der Waals surface area (Å²) in [7, 11) is -3.82. The van der Waals surface area contributed by atoms with Gasteiger partial charge in [0.05, 0.1) is 16.8 Å². The predicted molar refractivity (Wildman–Crippen MR) is 118 cm³/mol. The van der Waals surface area contributed by atoms with Crippen molar-refractivity contribution in [1.82, 2.24) is 4.98 Å². The number of pyridine rings is 1. The minimum Gasteiger partial charge on any atom is -0.478 e. The number of hydrogen-bond acceptors (Lipinski definition) is 6. The van der Waals surface area contributed by atoms with Gasteiger partial charge in [-0.2, -0.15) is 13.2 Å². The zero-order chi connectivity index (χ0) is 25.5. The zero-order valence-corrected chi connectivity index (χ0v) is 19.0. The molecule has 186 valence electrons. The molecule has 0 radical (unpaired) electrons. The average molecular weight is 503 g/mol. The van der Waals surface area contributed by atoms with Crippen LogP contribution in [0.25, 0.3) is 0 Å². The van der Waals surface area contributed by atoms with Gasteiger partial charge in [0.1, 0.15) is 11.4 Å². The second kappa shape index (κ2) is 11.2. The Morgan fingerprint density at radius 1 is 1.06 bits per heavy atom. The molecule has 0 atom stereocenters. The summed E-state index contributed by atoms with van der Waals surface area (Å²) < 4.78 is 59.3. The fourth-order valence-corrected chi connectivity index (χ4v) is 4.34. The number of sulfonamides is 1. The standard InChI is InChI=1S/C19H23N3O4S.C2HF3O2/c1-14-7-6-8-16(11-14)27(25,26)21-15-12-17(19(23)24)18(20-13-15)22-9-4-2-3-5-10-22;3-2(4,5)1(6)7/h6-8,11-13,21H,2-5,9-10H2,1H3,(H,23,24);(H,6,7). The molecule has 1 fully saturated rings. The van der Waals surface area contributed by atoms with Crippen molar-refractivity contribution in [2.75, 3.05) is 22.7 Å². The highest BCUT2D eigenvalue weighted by molar-refractivity contribution is 7.92. The van der Waals surface area contributed by atoms with Crippen molar-refractivity contribution in [3.05, 3.63) is 47.7 Å². The summed E-state index contributed by atoms with van der Waals surface area (Å²) >= 11 is 0. The van der Waals surface area contributed by atoms with Gasteiger partial charge in [0.25, 0.3) is 10.0 Å². The number of aliphatic carboxylic acids is 1. The Balaban J connectivity index is 0.000000509. The molecule has 34 heavy (non-hydrogen) atoms. The summed E-state index contributed by atoms with van der Waals surface area (Å²) in [6, 6.07) is 7.85. The predicted octanol–water partition coefficient (Wildman–Crippen LogP) is 3.90. The number of benzene rings is 1. The maximum atomic E-state index is 12.6. The van der Waals surface area contributed by atoms with E-state index in [4.69, 9.17) is 9.90 Å². The Morgan fingerprint density at radius 2 is 1.65 bits per heavy atom. The first-order valence-electron chi connectivity index (χ1n) is 10.2. The smallest absolute Gasteiger partial charge is 0.478 e. The van der Waals surface area contributed by atoms with Gasteiger partial charge in [0.15, 0.2) is 0 Å². The number of carbonyl (C=O) groups is 2. The van der Waals surface area contributed by atoms with E-state index in [1.807, 2.05) is 4.90 Å². The van der Waals surface area contributed by atoms with Crippen molar-refractivity contribution >= 4 is 33.5 Å². The van der Waals surface area contributed by atoms with Crippen LogP contribution >= 0.6 is 0 Å². The number of anilines is 2. The first-order chi connectivity index (χ1) is 15.8. The fourth-order valence-electron chi connectivity index (χ4n) is 3.20. The van der Waals surface area contributed by atoms with Crippen molar-refractivity contribution in [2.45, 2.75) is 43.7 Å². The van der Waals surface area contributed by atoms with E-state index in [1.165, 1.54) is 18.3 Å². The van der Waals surface area contributed by atoms with Crippen LogP contribution in [0.2, 0.25) is 0 Å². The number of carboxylic acid groups (broad SMARTS) is 2. The lowest BCUT2D eigenvalue weighted by Gasteiger charge is -2.23. The Hall–Kier alpha value is -3.35. The van der Waals surface area contributed by atoms with E-state index in [0.29, 0.717) is 5.82 Å². The quantitative estimate of drug-likeness (QED) is 0.559. The lowest BCUT2D eigenvalue weighted by molar-refractivity contribution is -0.192. The first kappa shape index (κ1) is 26.9. The minimum absolute atomic E-state index is 0.00124. The second-order valence-electron chi connectivity index (χ2n) is 7.53. The summed E-state index contributed by atoms with van der Waals surface area (Å²) in [6.45, 7) is 3.31. The van der Waals surface area contributed by atoms with E-state index in [2.05, 4.69) is 9.71 Å². The van der Waals surface area contributed by atoms with Crippen LogP contribution in [0.15, 0.2) is 41.4 Å². The van der Waals surface area contributed by atoms with Crippen LogP contribution in [0.1, 0.15) is 41.6 Å². The van der Waals surface area contributed by atoms with E-state index in [0.717, 1.165) is 44.3 Å². The third kappa shape index (κ3) is 7.61. The van der Waals surface area contributed by atoms with Crippen molar-refractivity contribution in [1.29, 1.82) is 0 Å². The third-order valence-corrected chi connectivity index (χ3v) is 6.18. The van der Waals surface area contributed by atoms with Crippen LogP contribution in [0, 0.1) is 6.92 Å². The van der Waals surface area contributed by atoms with Crippen molar-refractivity contribution < 1.29 is 41.4 Å². The Kier molecular flexibility index (Phi) is 8.85. The lowest BCUT2D eigenvalue weighted by Crippen LogP contribution is -2.27. The van der Waals surface area contributed by atoms with Gasteiger partial charge in [-0.25, -0.2) is 23.0 Å². The lowest BCUT2D eigenvalue weighted by atomic mass is 10.2. The molecule has 1 aliphatic heterocycles. The Labute approximate surface area is 194 Å². The number of halogens is 3. The molecule has 3 rings (SSSR count). The summed E-state index contributed by atoms with van der Waals surface area (Å²) in [6.07, 6.45) is 0.505. The number of alkyl halides is 3. The monoisotopic (exact) mass is 503 g/mol. The van der Waals surface area contributed by atoms with Gasteiger partial charge in [-0.3, -0.25) is 4.72 Å². The summed E-state index contributed by atoms with van der Waals surface area (Å²) in [5.74, 6) is -3.49. The number of rotatable bonds is 5. The number of aromatic nitrogens is 1. The van der Waals surface area contributed by atoms with Gasteiger partial charge in [0.2, 0.25) is 0 Å². The molecule has 1 aliphatic rings. The number of hydrogen-bond donors (Lipinski definition) is 3. The van der Waals surface area contributed by atoms with E-state index < -0.39 is 28.1 Å². The van der Waals surface area contributed by atoms with Gasteiger partial charge in [-0.15, -0.1) is 0 Å². The fraction of sp³-hybridized carbons (Fsp3) is 0.381. The molecule has 0 unspecified atom stereocenters. The molecule has 3 N–H and O–H groups in total. The molecule has 0 bridgehead atoms. The van der Waals surface area contributed by atoms with Crippen LogP contribution in [0.5, 0.6) is 0 Å². The van der Waals surface area contributed by atoms with E-state index in [-0.39, 0.29) is 16.1 Å². The molecule has 1 aromatic heterocycles. The van der Waals surface area contributed by atoms with Crippen LogP contribution in [-0.2, 0) is 14.8 Å². The molecule has 1 aromatic carbocycles. The Bertz CT molecular complexity index is 1130. The molecule has 0 saturated carbocycles. The molecule has 9 nitrogen and oxygen atoms in total. The third-order valence-electron chi connectivity index (χ3n) is 4.80. The molecule has 2 heterocycles. The van der Waals surface area contributed by atoms with Crippen LogP contribution < -0.4 is 9.62 Å². The highest BCUT2D eigenvalue weighted by atomic mass is 32.2. The maximum Gasteiger partial charge on any atom is 0.490 e. The number of carboxylic acids is 2.